The van der Waals surface area contributed by atoms with Crippen LogP contribution in [0, 0.1) is 0 Å². The average molecular weight is 435 g/mol. The van der Waals surface area contributed by atoms with Gasteiger partial charge in [-0.1, -0.05) is 17.7 Å². The number of rotatable bonds is 7. The van der Waals surface area contributed by atoms with Gasteiger partial charge in [-0.25, -0.2) is 0 Å². The number of nitrogens with zero attached hydrogens (tertiary/aromatic N) is 1. The number of hydrogen-bond donors (Lipinski definition) is 2. The molecule has 1 aromatic heterocycles. The number of guanidine groups is 1. The third-order valence-corrected chi connectivity index (χ3v) is 4.28. The van der Waals surface area contributed by atoms with Gasteiger partial charge in [0.2, 0.25) is 0 Å². The molecule has 0 radical (unpaired) electrons. The second-order valence-electron chi connectivity index (χ2n) is 4.95. The van der Waals surface area contributed by atoms with Crippen LogP contribution in [0.2, 0.25) is 0 Å². The van der Waals surface area contributed by atoms with E-state index < -0.39 is 0 Å². The van der Waals surface area contributed by atoms with E-state index in [0.29, 0.717) is 0 Å². The molecule has 1 aromatic rings. The fourth-order valence-electron chi connectivity index (χ4n) is 2.21. The minimum absolute atomic E-state index is 0. The van der Waals surface area contributed by atoms with Crippen LogP contribution in [-0.2, 0) is 11.2 Å². The summed E-state index contributed by atoms with van der Waals surface area (Å²) in [6.45, 7) is 6.37. The van der Waals surface area contributed by atoms with E-state index in [1.807, 2.05) is 0 Å². The molecule has 0 aliphatic carbocycles. The van der Waals surface area contributed by atoms with Crippen molar-refractivity contribution in [3.63, 3.8) is 0 Å². The first-order chi connectivity index (χ1) is 10.4. The maximum atomic E-state index is 5.32. The van der Waals surface area contributed by atoms with Gasteiger partial charge in [-0.15, -0.1) is 35.3 Å². The summed E-state index contributed by atoms with van der Waals surface area (Å²) in [5, 5.41) is 8.82. The van der Waals surface area contributed by atoms with Crippen molar-refractivity contribution in [1.29, 1.82) is 0 Å². The zero-order chi connectivity index (χ0) is 14.8. The number of aliphatic imine (C=N–C) groups is 1. The standard InChI is InChI=1S/C16H25N3OS.HI/c1-2-17-16(19-10-6-15-4-3-13-21-15)18-9-5-14-7-11-20-12-8-14;/h3-4,7,13H,2,5-6,8-12H2,1H3,(H2,17,18,19);1H. The Morgan fingerprint density at radius 3 is 2.95 bits per heavy atom. The van der Waals surface area contributed by atoms with E-state index in [2.05, 4.69) is 46.1 Å². The third kappa shape index (κ3) is 7.60. The molecule has 0 spiro atoms. The van der Waals surface area contributed by atoms with Gasteiger partial charge in [-0.05, 0) is 31.2 Å². The molecule has 22 heavy (non-hydrogen) atoms. The smallest absolute Gasteiger partial charge is 0.191 e. The lowest BCUT2D eigenvalue weighted by Crippen LogP contribution is -2.38. The van der Waals surface area contributed by atoms with Crippen LogP contribution >= 0.6 is 35.3 Å². The molecule has 4 nitrogen and oxygen atoms in total. The Kier molecular flexibility index (Phi) is 10.5. The highest BCUT2D eigenvalue weighted by Crippen LogP contribution is 2.11. The van der Waals surface area contributed by atoms with Crippen molar-refractivity contribution in [1.82, 2.24) is 10.6 Å². The summed E-state index contributed by atoms with van der Waals surface area (Å²) in [4.78, 5) is 6.02. The topological polar surface area (TPSA) is 45.7 Å². The highest BCUT2D eigenvalue weighted by atomic mass is 127. The van der Waals surface area contributed by atoms with Crippen molar-refractivity contribution in [2.24, 2.45) is 4.99 Å². The molecule has 0 aromatic carbocycles. The summed E-state index contributed by atoms with van der Waals surface area (Å²) in [5.41, 5.74) is 1.49. The van der Waals surface area contributed by atoms with E-state index >= 15 is 0 Å². The second-order valence-corrected chi connectivity index (χ2v) is 5.99. The normalized spacial score (nSPS) is 15.0. The average Bonchev–Trinajstić information content (AvgIpc) is 3.02. The van der Waals surface area contributed by atoms with Gasteiger partial charge in [0.05, 0.1) is 13.2 Å². The van der Waals surface area contributed by atoms with Crippen molar-refractivity contribution in [2.75, 3.05) is 32.8 Å². The van der Waals surface area contributed by atoms with E-state index in [4.69, 9.17) is 4.74 Å². The first-order valence-corrected chi connectivity index (χ1v) is 8.56. The molecule has 1 aliphatic rings. The first kappa shape index (κ1) is 19.4. The van der Waals surface area contributed by atoms with E-state index in [1.54, 1.807) is 11.3 Å². The minimum atomic E-state index is 0. The molecule has 0 fully saturated rings. The monoisotopic (exact) mass is 435 g/mol. The van der Waals surface area contributed by atoms with Gasteiger partial charge in [0.1, 0.15) is 0 Å². The number of thiophene rings is 1. The van der Waals surface area contributed by atoms with Gasteiger partial charge in [-0.2, -0.15) is 0 Å². The van der Waals surface area contributed by atoms with Gasteiger partial charge >= 0.3 is 0 Å². The Morgan fingerprint density at radius 2 is 2.27 bits per heavy atom. The Hall–Kier alpha value is -0.600. The SMILES string of the molecule is CCNC(=NCCc1cccs1)NCCC1=CCOCC1.I. The van der Waals surface area contributed by atoms with E-state index in [0.717, 1.165) is 58.1 Å². The minimum Gasteiger partial charge on any atom is -0.377 e. The number of halogens is 1. The molecule has 2 rings (SSSR count). The van der Waals surface area contributed by atoms with Gasteiger partial charge < -0.3 is 15.4 Å². The van der Waals surface area contributed by atoms with Crippen LogP contribution in [0.15, 0.2) is 34.2 Å². The fraction of sp³-hybridized carbons (Fsp3) is 0.562. The second kappa shape index (κ2) is 11.9. The molecule has 0 amide bonds. The molecule has 2 heterocycles. The number of ether oxygens (including phenoxy) is 1. The third-order valence-electron chi connectivity index (χ3n) is 3.35. The molecular weight excluding hydrogens is 409 g/mol. The summed E-state index contributed by atoms with van der Waals surface area (Å²) >= 11 is 1.80. The summed E-state index contributed by atoms with van der Waals surface area (Å²) in [7, 11) is 0. The van der Waals surface area contributed by atoms with Gasteiger partial charge in [-0.3, -0.25) is 4.99 Å². The zero-order valence-corrected chi connectivity index (χ0v) is 16.3. The van der Waals surface area contributed by atoms with Gasteiger partial charge in [0, 0.05) is 30.9 Å². The lowest BCUT2D eigenvalue weighted by atomic mass is 10.1. The summed E-state index contributed by atoms with van der Waals surface area (Å²) in [6.07, 6.45) is 5.34. The van der Waals surface area contributed by atoms with Crippen LogP contribution in [0.25, 0.3) is 0 Å². The van der Waals surface area contributed by atoms with Crippen molar-refractivity contribution in [2.45, 2.75) is 26.2 Å². The molecular formula is C16H26IN3OS. The van der Waals surface area contributed by atoms with Crippen molar-refractivity contribution >= 4 is 41.3 Å². The number of hydrogen-bond acceptors (Lipinski definition) is 3. The van der Waals surface area contributed by atoms with Crippen LogP contribution in [0.5, 0.6) is 0 Å². The van der Waals surface area contributed by atoms with Crippen molar-refractivity contribution in [3.8, 4) is 0 Å². The van der Waals surface area contributed by atoms with Gasteiger partial charge in [0.15, 0.2) is 5.96 Å². The maximum absolute atomic E-state index is 5.32. The van der Waals surface area contributed by atoms with Crippen LogP contribution in [-0.4, -0.2) is 38.8 Å². The molecule has 0 saturated heterocycles. The fourth-order valence-corrected chi connectivity index (χ4v) is 2.91. The molecule has 124 valence electrons. The Bertz CT molecular complexity index is 460. The summed E-state index contributed by atoms with van der Waals surface area (Å²) in [5.74, 6) is 0.918. The summed E-state index contributed by atoms with van der Waals surface area (Å²) < 4.78 is 5.32. The molecule has 0 bridgehead atoms. The van der Waals surface area contributed by atoms with Crippen LogP contribution in [0.3, 0.4) is 0 Å². The molecule has 6 heteroatoms. The Labute approximate surface area is 154 Å². The molecule has 0 saturated carbocycles. The number of nitrogens with one attached hydrogen (secondary N) is 2. The molecule has 2 N–H and O–H groups in total. The lowest BCUT2D eigenvalue weighted by molar-refractivity contribution is 0.153. The summed E-state index contributed by atoms with van der Waals surface area (Å²) in [6, 6.07) is 4.26. The predicted octanol–water partition coefficient (Wildman–Crippen LogP) is 3.20. The van der Waals surface area contributed by atoms with E-state index in [9.17, 15) is 0 Å². The van der Waals surface area contributed by atoms with E-state index in [-0.39, 0.29) is 24.0 Å². The van der Waals surface area contributed by atoms with Crippen LogP contribution in [0.4, 0.5) is 0 Å². The van der Waals surface area contributed by atoms with E-state index in [1.165, 1.54) is 10.5 Å². The lowest BCUT2D eigenvalue weighted by Gasteiger charge is -2.15. The Balaban J connectivity index is 0.00000242. The maximum Gasteiger partial charge on any atom is 0.191 e. The van der Waals surface area contributed by atoms with Gasteiger partial charge in [0.25, 0.3) is 0 Å². The molecule has 0 unspecified atom stereocenters. The highest BCUT2D eigenvalue weighted by molar-refractivity contribution is 14.0. The zero-order valence-electron chi connectivity index (χ0n) is 13.1. The van der Waals surface area contributed by atoms with Crippen molar-refractivity contribution in [3.05, 3.63) is 34.0 Å². The Morgan fingerprint density at radius 1 is 1.36 bits per heavy atom. The molecule has 1 aliphatic heterocycles. The van der Waals surface area contributed by atoms with Crippen LogP contribution in [0.1, 0.15) is 24.6 Å². The highest BCUT2D eigenvalue weighted by Gasteiger charge is 2.04. The molecule has 0 atom stereocenters. The van der Waals surface area contributed by atoms with Crippen molar-refractivity contribution < 1.29 is 4.74 Å². The quantitative estimate of drug-likeness (QED) is 0.299. The predicted molar refractivity (Wildman–Crippen MR) is 106 cm³/mol. The van der Waals surface area contributed by atoms with Crippen LogP contribution < -0.4 is 10.6 Å². The largest absolute Gasteiger partial charge is 0.377 e. The first-order valence-electron chi connectivity index (χ1n) is 7.68.